The van der Waals surface area contributed by atoms with Gasteiger partial charge >= 0.3 is 5.97 Å². The first-order chi connectivity index (χ1) is 15.5. The smallest absolute Gasteiger partial charge is 0.348 e. The van der Waals surface area contributed by atoms with Crippen molar-refractivity contribution in [1.29, 1.82) is 0 Å². The van der Waals surface area contributed by atoms with E-state index < -0.39 is 0 Å². The number of aromatic nitrogens is 2. The maximum atomic E-state index is 12.8. The monoisotopic (exact) mass is 459 g/mol. The van der Waals surface area contributed by atoms with Crippen molar-refractivity contribution in [1.82, 2.24) is 19.9 Å². The number of fused-ring (bicyclic) bond motifs is 1. The predicted octanol–water partition coefficient (Wildman–Crippen LogP) is 2.01. The minimum absolute atomic E-state index is 0.0776. The van der Waals surface area contributed by atoms with Gasteiger partial charge in [0.15, 0.2) is 0 Å². The molecular weight excluding hydrogens is 430 g/mol. The summed E-state index contributed by atoms with van der Waals surface area (Å²) < 4.78 is 12.2. The molecule has 0 saturated carbocycles. The van der Waals surface area contributed by atoms with Crippen LogP contribution in [0.4, 0.5) is 0 Å². The first-order valence-electron chi connectivity index (χ1n) is 11.2. The van der Waals surface area contributed by atoms with Gasteiger partial charge in [-0.05, 0) is 30.9 Å². The fourth-order valence-electron chi connectivity index (χ4n) is 5.05. The molecule has 3 unspecified atom stereocenters. The number of methoxy groups -OCH3 is 1. The molecule has 9 nitrogen and oxygen atoms in total. The van der Waals surface area contributed by atoms with Crippen LogP contribution < -0.4 is 10.7 Å². The third-order valence-corrected chi connectivity index (χ3v) is 7.81. The summed E-state index contributed by atoms with van der Waals surface area (Å²) in [5, 5.41) is 3.15. The fraction of sp³-hybridized carbons (Fsp3) is 0.591. The fourth-order valence-corrected chi connectivity index (χ4v) is 6.02. The number of carbonyl (C=O) groups is 2. The van der Waals surface area contributed by atoms with Crippen molar-refractivity contribution in [3.8, 4) is 0 Å². The summed E-state index contributed by atoms with van der Waals surface area (Å²) in [4.78, 5) is 33.3. The number of nitrogens with zero attached hydrogens (tertiary/aromatic N) is 3. The number of ether oxygens (including phenoxy) is 2. The second kappa shape index (κ2) is 8.84. The number of nitrogens with one attached hydrogen (secondary N) is 2. The average Bonchev–Trinajstić information content (AvgIpc) is 3.52. The van der Waals surface area contributed by atoms with Gasteiger partial charge in [0, 0.05) is 49.6 Å². The zero-order valence-corrected chi connectivity index (χ0v) is 19.2. The highest BCUT2D eigenvalue weighted by atomic mass is 32.1. The Labute approximate surface area is 191 Å². The van der Waals surface area contributed by atoms with Crippen LogP contribution >= 0.6 is 11.3 Å². The summed E-state index contributed by atoms with van der Waals surface area (Å²) in [7, 11) is 1.40. The van der Waals surface area contributed by atoms with Crippen molar-refractivity contribution in [2.45, 2.75) is 38.4 Å². The van der Waals surface area contributed by atoms with Crippen molar-refractivity contribution in [3.63, 3.8) is 0 Å². The summed E-state index contributed by atoms with van der Waals surface area (Å²) in [5.41, 5.74) is 4.12. The number of hydrogen-bond donors (Lipinski definition) is 2. The van der Waals surface area contributed by atoms with Gasteiger partial charge < -0.3 is 20.2 Å². The number of imidazole rings is 1. The minimum atomic E-state index is -0.292. The normalized spacial score (nSPS) is 26.4. The molecule has 172 valence electrons. The van der Waals surface area contributed by atoms with Crippen molar-refractivity contribution in [3.05, 3.63) is 39.6 Å². The lowest BCUT2D eigenvalue weighted by atomic mass is 9.94. The van der Waals surface area contributed by atoms with Crippen LogP contribution in [0.15, 0.2) is 18.3 Å². The van der Waals surface area contributed by atoms with E-state index in [1.54, 1.807) is 6.20 Å². The van der Waals surface area contributed by atoms with Crippen LogP contribution in [0, 0.1) is 11.8 Å². The second-order valence-corrected chi connectivity index (χ2v) is 10.1. The molecule has 5 rings (SSSR count). The number of rotatable bonds is 5. The molecule has 3 aliphatic heterocycles. The van der Waals surface area contributed by atoms with E-state index in [9.17, 15) is 9.59 Å². The maximum absolute atomic E-state index is 12.8. The van der Waals surface area contributed by atoms with Crippen LogP contribution in [-0.4, -0.2) is 66.0 Å². The topological polar surface area (TPSA) is 97.7 Å². The molecule has 2 aromatic heterocycles. The number of hydrogen-bond acceptors (Lipinski definition) is 8. The van der Waals surface area contributed by atoms with E-state index >= 15 is 0 Å². The van der Waals surface area contributed by atoms with Gasteiger partial charge in [0.05, 0.1) is 13.3 Å². The molecule has 0 spiro atoms. The SMILES string of the molecule is COC(=O)c1ccc(CN2CC(C)C(C3NC(=O)c4cnc(C5CCOCC5)n4N3)C2)s1. The lowest BCUT2D eigenvalue weighted by Crippen LogP contribution is -2.55. The summed E-state index contributed by atoms with van der Waals surface area (Å²) >= 11 is 1.48. The lowest BCUT2D eigenvalue weighted by molar-refractivity contribution is 0.0606. The van der Waals surface area contributed by atoms with Crippen LogP contribution in [-0.2, 0) is 16.0 Å². The molecule has 1 amide bonds. The summed E-state index contributed by atoms with van der Waals surface area (Å²) in [5.74, 6) is 1.53. The third kappa shape index (κ3) is 4.02. The molecule has 3 atom stereocenters. The van der Waals surface area contributed by atoms with Gasteiger partial charge in [0.25, 0.3) is 5.91 Å². The van der Waals surface area contributed by atoms with Crippen molar-refractivity contribution in [2.24, 2.45) is 11.8 Å². The zero-order chi connectivity index (χ0) is 22.2. The Bertz CT molecular complexity index is 998. The van der Waals surface area contributed by atoms with Crippen LogP contribution in [0.25, 0.3) is 0 Å². The highest BCUT2D eigenvalue weighted by Crippen LogP contribution is 2.31. The van der Waals surface area contributed by atoms with E-state index in [1.807, 2.05) is 16.8 Å². The van der Waals surface area contributed by atoms with Crippen molar-refractivity contribution < 1.29 is 19.1 Å². The van der Waals surface area contributed by atoms with Crippen molar-refractivity contribution >= 4 is 23.2 Å². The minimum Gasteiger partial charge on any atom is -0.465 e. The number of likely N-dealkylation sites (tertiary alicyclic amines) is 1. The van der Waals surface area contributed by atoms with Gasteiger partial charge in [-0.15, -0.1) is 11.3 Å². The number of esters is 1. The number of amides is 1. The summed E-state index contributed by atoms with van der Waals surface area (Å²) in [6, 6.07) is 3.82. The Morgan fingerprint density at radius 2 is 2.12 bits per heavy atom. The molecule has 3 aliphatic rings. The number of thiophene rings is 1. The molecule has 0 radical (unpaired) electrons. The Morgan fingerprint density at radius 3 is 2.91 bits per heavy atom. The molecular formula is C22H29N5O4S. The van der Waals surface area contributed by atoms with E-state index in [1.165, 1.54) is 18.4 Å². The van der Waals surface area contributed by atoms with Crippen molar-refractivity contribution in [2.75, 3.05) is 38.8 Å². The van der Waals surface area contributed by atoms with Gasteiger partial charge in [-0.2, -0.15) is 0 Å². The van der Waals surface area contributed by atoms with Crippen LogP contribution in [0.3, 0.4) is 0 Å². The van der Waals surface area contributed by atoms with Gasteiger partial charge in [0.1, 0.15) is 22.6 Å². The highest BCUT2D eigenvalue weighted by Gasteiger charge is 2.40. The van der Waals surface area contributed by atoms with E-state index in [2.05, 4.69) is 27.6 Å². The Morgan fingerprint density at radius 1 is 1.31 bits per heavy atom. The highest BCUT2D eigenvalue weighted by molar-refractivity contribution is 7.13. The zero-order valence-electron chi connectivity index (χ0n) is 18.4. The second-order valence-electron chi connectivity index (χ2n) is 8.90. The summed E-state index contributed by atoms with van der Waals surface area (Å²) in [6.45, 7) is 6.28. The van der Waals surface area contributed by atoms with Gasteiger partial charge in [-0.1, -0.05) is 6.92 Å². The first kappa shape index (κ1) is 21.4. The van der Waals surface area contributed by atoms with E-state index in [4.69, 9.17) is 9.47 Å². The molecule has 2 saturated heterocycles. The van der Waals surface area contributed by atoms with Crippen LogP contribution in [0.2, 0.25) is 0 Å². The molecule has 5 heterocycles. The van der Waals surface area contributed by atoms with Gasteiger partial charge in [0.2, 0.25) is 0 Å². The van der Waals surface area contributed by atoms with E-state index in [-0.39, 0.29) is 24.0 Å². The standard InChI is InChI=1S/C22H29N5O4S/c1-13-10-26(11-15-3-4-18(32-15)22(29)30-2)12-16(13)19-24-21(28)17-9-23-20(27(17)25-19)14-5-7-31-8-6-14/h3-4,9,13-14,16,19,25H,5-8,10-12H2,1-2H3,(H,24,28). The molecule has 0 bridgehead atoms. The Balaban J connectivity index is 1.27. The molecule has 32 heavy (non-hydrogen) atoms. The molecule has 2 N–H and O–H groups in total. The van der Waals surface area contributed by atoms with E-state index in [0.29, 0.717) is 22.4 Å². The largest absolute Gasteiger partial charge is 0.465 e. The van der Waals surface area contributed by atoms with E-state index in [0.717, 1.165) is 56.4 Å². The van der Waals surface area contributed by atoms with Crippen LogP contribution in [0.1, 0.15) is 56.5 Å². The predicted molar refractivity (Wildman–Crippen MR) is 119 cm³/mol. The Hall–Kier alpha value is -2.43. The van der Waals surface area contributed by atoms with Gasteiger partial charge in [-0.25, -0.2) is 14.5 Å². The molecule has 0 aromatic carbocycles. The Kier molecular flexibility index (Phi) is 5.92. The summed E-state index contributed by atoms with van der Waals surface area (Å²) in [6.07, 6.45) is 3.36. The van der Waals surface area contributed by atoms with Crippen LogP contribution in [0.5, 0.6) is 0 Å². The number of carbonyl (C=O) groups excluding carboxylic acids is 2. The molecule has 2 fully saturated rings. The molecule has 2 aromatic rings. The third-order valence-electron chi connectivity index (χ3n) is 6.76. The molecule has 10 heteroatoms. The first-order valence-corrected chi connectivity index (χ1v) is 12.0. The molecule has 0 aliphatic carbocycles. The lowest BCUT2D eigenvalue weighted by Gasteiger charge is -2.35. The quantitative estimate of drug-likeness (QED) is 0.660. The average molecular weight is 460 g/mol. The maximum Gasteiger partial charge on any atom is 0.348 e. The van der Waals surface area contributed by atoms with Gasteiger partial charge in [-0.3, -0.25) is 9.69 Å².